The van der Waals surface area contributed by atoms with Crippen LogP contribution in [-0.4, -0.2) is 40.6 Å². The molecule has 0 aliphatic carbocycles. The molecule has 4 nitrogen and oxygen atoms in total. The first-order chi connectivity index (χ1) is 9.65. The first-order valence-electron chi connectivity index (χ1n) is 6.69. The first-order valence-corrected chi connectivity index (χ1v) is 6.69. The lowest BCUT2D eigenvalue weighted by atomic mass is 10.1. The molecule has 0 bridgehead atoms. The molecule has 106 valence electrons. The van der Waals surface area contributed by atoms with Crippen LogP contribution in [0.3, 0.4) is 0 Å². The molecule has 1 fully saturated rings. The number of rotatable bonds is 3. The Balaban J connectivity index is 2.02. The lowest BCUT2D eigenvalue weighted by Gasteiger charge is -2.22. The Morgan fingerprint density at radius 2 is 2.10 bits per heavy atom. The fraction of sp³-hybridized carbons (Fsp3) is 0.400. The van der Waals surface area contributed by atoms with Crippen molar-refractivity contribution in [3.05, 3.63) is 35.9 Å². The Morgan fingerprint density at radius 1 is 1.30 bits per heavy atom. The molecule has 0 saturated carbocycles. The molecule has 1 unspecified atom stereocenters. The quantitative estimate of drug-likeness (QED) is 0.895. The highest BCUT2D eigenvalue weighted by molar-refractivity contribution is 5.81. The van der Waals surface area contributed by atoms with Crippen LogP contribution in [-0.2, 0) is 6.61 Å². The number of aliphatic hydroxyl groups is 2. The number of nitrogens with zero attached hydrogens (tertiary/aromatic N) is 2. The Labute approximate surface area is 116 Å². The average molecular weight is 276 g/mol. The zero-order chi connectivity index (χ0) is 14.2. The molecule has 1 aliphatic heterocycles. The highest BCUT2D eigenvalue weighted by Gasteiger charge is 2.38. The minimum atomic E-state index is -1.57. The molecule has 1 saturated heterocycles. The third-order valence-electron chi connectivity index (χ3n) is 3.84. The van der Waals surface area contributed by atoms with Gasteiger partial charge in [0.1, 0.15) is 5.82 Å². The van der Waals surface area contributed by atoms with Crippen molar-refractivity contribution < 1.29 is 14.6 Å². The largest absolute Gasteiger partial charge is 0.393 e. The van der Waals surface area contributed by atoms with Crippen LogP contribution in [0.4, 0.5) is 10.2 Å². The minimum Gasteiger partial charge on any atom is -0.393 e. The Kier molecular flexibility index (Phi) is 3.31. The molecule has 1 atom stereocenters. The van der Waals surface area contributed by atoms with Gasteiger partial charge < -0.3 is 15.1 Å². The van der Waals surface area contributed by atoms with Crippen molar-refractivity contribution >= 4 is 16.7 Å². The average Bonchev–Trinajstić information content (AvgIpc) is 2.89. The van der Waals surface area contributed by atoms with E-state index < -0.39 is 12.3 Å². The van der Waals surface area contributed by atoms with E-state index in [1.807, 2.05) is 30.3 Å². The maximum Gasteiger partial charge on any atom is 0.152 e. The van der Waals surface area contributed by atoms with Crippen molar-refractivity contribution in [1.29, 1.82) is 0 Å². The Bertz CT molecular complexity index is 634. The summed E-state index contributed by atoms with van der Waals surface area (Å²) in [4.78, 5) is 6.35. The van der Waals surface area contributed by atoms with Crippen molar-refractivity contribution in [2.75, 3.05) is 24.6 Å². The Hall–Kier alpha value is -1.72. The Morgan fingerprint density at radius 3 is 2.80 bits per heavy atom. The van der Waals surface area contributed by atoms with E-state index in [4.69, 9.17) is 5.11 Å². The normalized spacial score (nSPS) is 22.6. The predicted octanol–water partition coefficient (Wildman–Crippen LogP) is 1.64. The number of pyridine rings is 1. The lowest BCUT2D eigenvalue weighted by molar-refractivity contribution is 0.0909. The van der Waals surface area contributed by atoms with Crippen LogP contribution in [0.15, 0.2) is 30.3 Å². The molecular formula is C15H17FN2O2. The fourth-order valence-electron chi connectivity index (χ4n) is 2.69. The van der Waals surface area contributed by atoms with E-state index in [0.717, 1.165) is 10.9 Å². The summed E-state index contributed by atoms with van der Waals surface area (Å²) in [6.45, 7) is -0.00907. The van der Waals surface area contributed by atoms with Crippen molar-refractivity contribution in [3.63, 3.8) is 0 Å². The van der Waals surface area contributed by atoms with Gasteiger partial charge in [-0.25, -0.2) is 9.37 Å². The van der Waals surface area contributed by atoms with Gasteiger partial charge in [0.25, 0.3) is 0 Å². The summed E-state index contributed by atoms with van der Waals surface area (Å²) < 4.78 is 14.1. The number of hydrogen-bond acceptors (Lipinski definition) is 4. The first kappa shape index (κ1) is 13.3. The van der Waals surface area contributed by atoms with Crippen molar-refractivity contribution in [2.24, 2.45) is 0 Å². The van der Waals surface area contributed by atoms with E-state index in [2.05, 4.69) is 4.98 Å². The van der Waals surface area contributed by atoms with Crippen LogP contribution >= 0.6 is 0 Å². The molecule has 2 N–H and O–H groups in total. The monoisotopic (exact) mass is 276 g/mol. The molecule has 2 aromatic rings. The van der Waals surface area contributed by atoms with Crippen LogP contribution in [0.1, 0.15) is 12.0 Å². The second-order valence-corrected chi connectivity index (χ2v) is 5.30. The smallest absolute Gasteiger partial charge is 0.152 e. The molecule has 2 heterocycles. The van der Waals surface area contributed by atoms with Gasteiger partial charge in [0.2, 0.25) is 0 Å². The van der Waals surface area contributed by atoms with E-state index in [1.165, 1.54) is 0 Å². The summed E-state index contributed by atoms with van der Waals surface area (Å²) >= 11 is 0. The molecule has 20 heavy (non-hydrogen) atoms. The van der Waals surface area contributed by atoms with Gasteiger partial charge in [-0.2, -0.15) is 0 Å². The molecule has 1 aliphatic rings. The summed E-state index contributed by atoms with van der Waals surface area (Å²) in [6, 6.07) is 9.52. The molecule has 0 radical (unpaired) electrons. The standard InChI is InChI=1S/C15H17FN2O2/c16-15(10-20)5-6-18(9-15)14-12(8-19)7-11-3-1-2-4-13(11)17-14/h1-4,7,19-20H,5-6,8-10H2. The number of anilines is 1. The van der Waals surface area contributed by atoms with Gasteiger partial charge in [-0.3, -0.25) is 0 Å². The van der Waals surface area contributed by atoms with E-state index >= 15 is 0 Å². The van der Waals surface area contributed by atoms with E-state index in [-0.39, 0.29) is 19.6 Å². The summed E-state index contributed by atoms with van der Waals surface area (Å²) in [5, 5.41) is 19.6. The fourth-order valence-corrected chi connectivity index (χ4v) is 2.69. The topological polar surface area (TPSA) is 56.6 Å². The van der Waals surface area contributed by atoms with Crippen molar-refractivity contribution in [3.8, 4) is 0 Å². The number of aromatic nitrogens is 1. The molecular weight excluding hydrogens is 259 g/mol. The second kappa shape index (κ2) is 5.00. The number of para-hydroxylation sites is 1. The third kappa shape index (κ3) is 2.23. The van der Waals surface area contributed by atoms with E-state index in [0.29, 0.717) is 17.9 Å². The highest BCUT2D eigenvalue weighted by atomic mass is 19.1. The van der Waals surface area contributed by atoms with Gasteiger partial charge in [0.15, 0.2) is 5.67 Å². The maximum absolute atomic E-state index is 14.1. The number of benzene rings is 1. The van der Waals surface area contributed by atoms with Gasteiger partial charge in [-0.15, -0.1) is 0 Å². The van der Waals surface area contributed by atoms with Crippen LogP contribution < -0.4 is 4.90 Å². The van der Waals surface area contributed by atoms with Crippen LogP contribution in [0.5, 0.6) is 0 Å². The van der Waals surface area contributed by atoms with E-state index in [1.54, 1.807) is 4.90 Å². The van der Waals surface area contributed by atoms with Gasteiger partial charge in [-0.1, -0.05) is 18.2 Å². The molecule has 1 aromatic heterocycles. The lowest BCUT2D eigenvalue weighted by Crippen LogP contribution is -2.33. The predicted molar refractivity (Wildman–Crippen MR) is 75.4 cm³/mol. The summed E-state index contributed by atoms with van der Waals surface area (Å²) in [5.41, 5.74) is -0.0639. The zero-order valence-electron chi connectivity index (χ0n) is 11.1. The van der Waals surface area contributed by atoms with Gasteiger partial charge in [-0.05, 0) is 12.1 Å². The van der Waals surface area contributed by atoms with Gasteiger partial charge in [0.05, 0.1) is 25.3 Å². The van der Waals surface area contributed by atoms with E-state index in [9.17, 15) is 9.50 Å². The second-order valence-electron chi connectivity index (χ2n) is 5.30. The third-order valence-corrected chi connectivity index (χ3v) is 3.84. The SMILES string of the molecule is OCc1cc2ccccc2nc1N1CCC(F)(CO)C1. The number of halogens is 1. The number of fused-ring (bicyclic) bond motifs is 1. The van der Waals surface area contributed by atoms with Crippen LogP contribution in [0, 0.1) is 0 Å². The maximum atomic E-state index is 14.1. The molecule has 0 amide bonds. The molecule has 5 heteroatoms. The molecule has 1 aromatic carbocycles. The van der Waals surface area contributed by atoms with Crippen molar-refractivity contribution in [1.82, 2.24) is 4.98 Å². The highest BCUT2D eigenvalue weighted by Crippen LogP contribution is 2.31. The molecule has 0 spiro atoms. The molecule has 3 rings (SSSR count). The zero-order valence-corrected chi connectivity index (χ0v) is 11.1. The number of aliphatic hydroxyl groups excluding tert-OH is 2. The number of alkyl halides is 1. The van der Waals surface area contributed by atoms with Crippen molar-refractivity contribution in [2.45, 2.75) is 18.7 Å². The van der Waals surface area contributed by atoms with Gasteiger partial charge >= 0.3 is 0 Å². The minimum absolute atomic E-state index is 0.113. The summed E-state index contributed by atoms with van der Waals surface area (Å²) in [6.07, 6.45) is 0.281. The van der Waals surface area contributed by atoms with Gasteiger partial charge in [0, 0.05) is 23.9 Å². The summed E-state index contributed by atoms with van der Waals surface area (Å²) in [5.74, 6) is 0.610. The van der Waals surface area contributed by atoms with Crippen LogP contribution in [0.25, 0.3) is 10.9 Å². The summed E-state index contributed by atoms with van der Waals surface area (Å²) in [7, 11) is 0. The van der Waals surface area contributed by atoms with Crippen LogP contribution in [0.2, 0.25) is 0 Å². The number of hydrogen-bond donors (Lipinski definition) is 2.